The van der Waals surface area contributed by atoms with Crippen LogP contribution in [0.2, 0.25) is 0 Å². The normalized spacial score (nSPS) is 11.5. The molecular weight excluding hydrogens is 148 g/mol. The second kappa shape index (κ2) is 4.49. The molecule has 0 saturated heterocycles. The number of carbonyl (C=O) groups is 2. The van der Waals surface area contributed by atoms with Gasteiger partial charge in [0.05, 0.1) is 19.8 Å². The first-order valence-electron chi connectivity index (χ1n) is 2.95. The Bertz CT molecular complexity index is 193. The maximum Gasteiger partial charge on any atom is 0.337 e. The highest BCUT2D eigenvalue weighted by atomic mass is 16.5. The van der Waals surface area contributed by atoms with Crippen molar-refractivity contribution in [3.8, 4) is 0 Å². The molecule has 0 aliphatic rings. The average Bonchev–Trinajstić information content (AvgIpc) is 2.05. The zero-order valence-electron chi connectivity index (χ0n) is 6.71. The topological polar surface area (TPSA) is 52.6 Å². The van der Waals surface area contributed by atoms with Crippen LogP contribution in [-0.4, -0.2) is 26.5 Å². The molecule has 4 heteroatoms. The van der Waals surface area contributed by atoms with Gasteiger partial charge in [-0.2, -0.15) is 0 Å². The third-order valence-electron chi connectivity index (χ3n) is 1.19. The van der Waals surface area contributed by atoms with Crippen LogP contribution in [-0.2, 0) is 19.1 Å². The van der Waals surface area contributed by atoms with E-state index in [0.29, 0.717) is 6.29 Å². The molecule has 0 unspecified atom stereocenters. The lowest BCUT2D eigenvalue weighted by molar-refractivity contribution is -0.136. The Morgan fingerprint density at radius 1 is 1.27 bits per heavy atom. The van der Waals surface area contributed by atoms with Gasteiger partial charge in [0, 0.05) is 0 Å². The molecule has 0 heterocycles. The standard InChI is InChI=1S/C7H10O4/c1-5(7(9)11-3)6(4-8)10-2/h4H,1-3H3. The molecule has 0 aromatic rings. The zero-order chi connectivity index (χ0) is 8.85. The number of allylic oxidation sites excluding steroid dienone is 1. The summed E-state index contributed by atoms with van der Waals surface area (Å²) >= 11 is 0. The smallest absolute Gasteiger partial charge is 0.337 e. The molecule has 0 bridgehead atoms. The van der Waals surface area contributed by atoms with Crippen LogP contribution in [0.25, 0.3) is 0 Å². The number of ether oxygens (including phenoxy) is 2. The fourth-order valence-electron chi connectivity index (χ4n) is 0.543. The Balaban J connectivity index is 4.60. The first kappa shape index (κ1) is 9.68. The van der Waals surface area contributed by atoms with Gasteiger partial charge in [-0.15, -0.1) is 0 Å². The molecule has 0 aromatic carbocycles. The van der Waals surface area contributed by atoms with Crippen LogP contribution in [0.3, 0.4) is 0 Å². The fraction of sp³-hybridized carbons (Fsp3) is 0.429. The number of esters is 1. The summed E-state index contributed by atoms with van der Waals surface area (Å²) in [5.74, 6) is -0.564. The summed E-state index contributed by atoms with van der Waals surface area (Å²) in [6.07, 6.45) is 0.465. The lowest BCUT2D eigenvalue weighted by atomic mass is 10.3. The Hall–Kier alpha value is -1.32. The van der Waals surface area contributed by atoms with Crippen molar-refractivity contribution >= 4 is 12.3 Å². The first-order chi connectivity index (χ1) is 5.17. The van der Waals surface area contributed by atoms with E-state index in [1.54, 1.807) is 0 Å². The number of methoxy groups -OCH3 is 2. The second-order valence-electron chi connectivity index (χ2n) is 1.80. The van der Waals surface area contributed by atoms with Crippen LogP contribution in [0.1, 0.15) is 6.92 Å². The minimum absolute atomic E-state index is 0.00292. The van der Waals surface area contributed by atoms with Crippen molar-refractivity contribution in [1.29, 1.82) is 0 Å². The summed E-state index contributed by atoms with van der Waals surface area (Å²) in [5.41, 5.74) is 0.171. The van der Waals surface area contributed by atoms with Crippen molar-refractivity contribution < 1.29 is 19.1 Å². The van der Waals surface area contributed by atoms with Gasteiger partial charge in [0.15, 0.2) is 12.0 Å². The Labute approximate surface area is 64.8 Å². The van der Waals surface area contributed by atoms with Crippen LogP contribution < -0.4 is 0 Å². The van der Waals surface area contributed by atoms with Crippen LogP contribution >= 0.6 is 0 Å². The van der Waals surface area contributed by atoms with E-state index in [1.807, 2.05) is 0 Å². The van der Waals surface area contributed by atoms with Crippen LogP contribution in [0.15, 0.2) is 11.3 Å². The molecule has 0 spiro atoms. The molecule has 11 heavy (non-hydrogen) atoms. The third-order valence-corrected chi connectivity index (χ3v) is 1.19. The molecule has 0 rings (SSSR count). The van der Waals surface area contributed by atoms with E-state index in [4.69, 9.17) is 0 Å². The molecule has 0 aliphatic heterocycles. The van der Waals surface area contributed by atoms with Gasteiger partial charge in [0.25, 0.3) is 0 Å². The zero-order valence-corrected chi connectivity index (χ0v) is 6.71. The highest BCUT2D eigenvalue weighted by molar-refractivity contribution is 5.93. The van der Waals surface area contributed by atoms with Gasteiger partial charge < -0.3 is 9.47 Å². The lowest BCUT2D eigenvalue weighted by Crippen LogP contribution is -2.06. The van der Waals surface area contributed by atoms with Crippen LogP contribution in [0.4, 0.5) is 0 Å². The van der Waals surface area contributed by atoms with Crippen molar-refractivity contribution in [1.82, 2.24) is 0 Å². The van der Waals surface area contributed by atoms with Gasteiger partial charge in [-0.05, 0) is 6.92 Å². The summed E-state index contributed by atoms with van der Waals surface area (Å²) in [5, 5.41) is 0. The van der Waals surface area contributed by atoms with E-state index in [2.05, 4.69) is 9.47 Å². The molecule has 0 atom stereocenters. The number of aldehydes is 1. The van der Waals surface area contributed by atoms with Crippen molar-refractivity contribution in [3.05, 3.63) is 11.3 Å². The largest absolute Gasteiger partial charge is 0.493 e. The summed E-state index contributed by atoms with van der Waals surface area (Å²) < 4.78 is 8.96. The summed E-state index contributed by atoms with van der Waals surface area (Å²) in [6, 6.07) is 0. The molecule has 0 amide bonds. The quantitative estimate of drug-likeness (QED) is 0.256. The summed E-state index contributed by atoms with van der Waals surface area (Å²) in [7, 11) is 2.56. The Morgan fingerprint density at radius 2 is 1.82 bits per heavy atom. The van der Waals surface area contributed by atoms with E-state index in [-0.39, 0.29) is 11.3 Å². The summed E-state index contributed by atoms with van der Waals surface area (Å²) in [6.45, 7) is 1.46. The van der Waals surface area contributed by atoms with Gasteiger partial charge >= 0.3 is 5.97 Å². The van der Waals surface area contributed by atoms with E-state index in [1.165, 1.54) is 21.1 Å². The minimum Gasteiger partial charge on any atom is -0.493 e. The van der Waals surface area contributed by atoms with Gasteiger partial charge in [-0.1, -0.05) is 0 Å². The van der Waals surface area contributed by atoms with Crippen LogP contribution in [0.5, 0.6) is 0 Å². The maximum atomic E-state index is 10.8. The molecule has 4 nitrogen and oxygen atoms in total. The first-order valence-corrected chi connectivity index (χ1v) is 2.95. The van der Waals surface area contributed by atoms with E-state index >= 15 is 0 Å². The second-order valence-corrected chi connectivity index (χ2v) is 1.80. The predicted molar refractivity (Wildman–Crippen MR) is 37.8 cm³/mol. The number of rotatable bonds is 3. The predicted octanol–water partition coefficient (Wildman–Crippen LogP) is 0.279. The molecule has 0 aliphatic carbocycles. The van der Waals surface area contributed by atoms with Gasteiger partial charge in [-0.3, -0.25) is 4.79 Å². The number of carbonyl (C=O) groups excluding carboxylic acids is 2. The van der Waals surface area contributed by atoms with Crippen molar-refractivity contribution in [3.63, 3.8) is 0 Å². The van der Waals surface area contributed by atoms with Crippen molar-refractivity contribution in [2.75, 3.05) is 14.2 Å². The van der Waals surface area contributed by atoms with Crippen molar-refractivity contribution in [2.45, 2.75) is 6.92 Å². The number of hydrogen-bond acceptors (Lipinski definition) is 4. The molecule has 0 saturated carbocycles. The molecule has 0 fully saturated rings. The van der Waals surface area contributed by atoms with E-state index in [9.17, 15) is 9.59 Å². The van der Waals surface area contributed by atoms with Gasteiger partial charge in [0.2, 0.25) is 0 Å². The molecule has 62 valence electrons. The monoisotopic (exact) mass is 158 g/mol. The fourth-order valence-corrected chi connectivity index (χ4v) is 0.543. The number of hydrogen-bond donors (Lipinski definition) is 0. The lowest BCUT2D eigenvalue weighted by Gasteiger charge is -2.01. The molecule has 0 N–H and O–H groups in total. The molecule has 0 aromatic heterocycles. The van der Waals surface area contributed by atoms with E-state index < -0.39 is 5.97 Å². The molecular formula is C7H10O4. The average molecular weight is 158 g/mol. The van der Waals surface area contributed by atoms with E-state index in [0.717, 1.165) is 0 Å². The SMILES string of the molecule is COC(=O)C(C)=C(C=O)OC. The molecule has 0 radical (unpaired) electrons. The Kier molecular flexibility index (Phi) is 3.95. The van der Waals surface area contributed by atoms with Gasteiger partial charge in [-0.25, -0.2) is 4.79 Å². The third kappa shape index (κ3) is 2.41. The summed E-state index contributed by atoms with van der Waals surface area (Å²) in [4.78, 5) is 21.0. The Morgan fingerprint density at radius 3 is 2.09 bits per heavy atom. The maximum absolute atomic E-state index is 10.8. The highest BCUT2D eigenvalue weighted by Crippen LogP contribution is 2.03. The van der Waals surface area contributed by atoms with Crippen molar-refractivity contribution in [2.24, 2.45) is 0 Å². The van der Waals surface area contributed by atoms with Crippen LogP contribution in [0, 0.1) is 0 Å². The highest BCUT2D eigenvalue weighted by Gasteiger charge is 2.09. The minimum atomic E-state index is -0.561. The van der Waals surface area contributed by atoms with Gasteiger partial charge in [0.1, 0.15) is 0 Å².